The third-order valence-corrected chi connectivity index (χ3v) is 6.76. The fourth-order valence-electron chi connectivity index (χ4n) is 2.89. The summed E-state index contributed by atoms with van der Waals surface area (Å²) in [5.41, 5.74) is 0.685. The van der Waals surface area contributed by atoms with Gasteiger partial charge in [0.15, 0.2) is 0 Å². The molecule has 128 valence electrons. The maximum absolute atomic E-state index is 11.8. The van der Waals surface area contributed by atoms with Gasteiger partial charge in [-0.1, -0.05) is 52.9 Å². The van der Waals surface area contributed by atoms with Crippen molar-refractivity contribution in [1.29, 1.82) is 0 Å². The Bertz CT molecular complexity index is 539. The first-order valence-corrected chi connectivity index (χ1v) is 10.5. The zero-order chi connectivity index (χ0) is 16.8. The lowest BCUT2D eigenvalue weighted by Crippen LogP contribution is -2.26. The van der Waals surface area contributed by atoms with E-state index in [0.29, 0.717) is 12.0 Å². The van der Waals surface area contributed by atoms with Crippen LogP contribution >= 0.6 is 11.3 Å². The number of aliphatic hydroxyl groups excluding tert-OH is 1. The van der Waals surface area contributed by atoms with Gasteiger partial charge in [-0.05, 0) is 29.3 Å². The molecule has 1 heterocycles. The molecule has 1 aromatic heterocycles. The Kier molecular flexibility index (Phi) is 8.03. The Morgan fingerprint density at radius 1 is 1.27 bits per heavy atom. The van der Waals surface area contributed by atoms with Gasteiger partial charge in [-0.25, -0.2) is 13.6 Å². The predicted octanol–water partition coefficient (Wildman–Crippen LogP) is 3.86. The number of nitrogens with two attached hydrogens (primary N) is 1. The second-order valence-corrected chi connectivity index (χ2v) is 8.71. The molecule has 0 spiro atoms. The van der Waals surface area contributed by atoms with E-state index in [0.717, 1.165) is 37.0 Å². The van der Waals surface area contributed by atoms with Crippen molar-refractivity contribution in [3.05, 3.63) is 17.0 Å². The number of rotatable bonds is 10. The van der Waals surface area contributed by atoms with Gasteiger partial charge in [0, 0.05) is 5.92 Å². The van der Waals surface area contributed by atoms with Crippen molar-refractivity contribution in [3.63, 3.8) is 0 Å². The van der Waals surface area contributed by atoms with Crippen molar-refractivity contribution in [1.82, 2.24) is 0 Å². The largest absolute Gasteiger partial charge is 0.392 e. The summed E-state index contributed by atoms with van der Waals surface area (Å²) >= 11 is 1.14. The van der Waals surface area contributed by atoms with E-state index in [1.54, 1.807) is 11.4 Å². The van der Waals surface area contributed by atoms with E-state index in [2.05, 4.69) is 20.8 Å². The first-order chi connectivity index (χ1) is 10.3. The summed E-state index contributed by atoms with van der Waals surface area (Å²) in [5.74, 6) is 0.0301. The number of hydrogen-bond acceptors (Lipinski definition) is 4. The van der Waals surface area contributed by atoms with E-state index in [-0.39, 0.29) is 16.0 Å². The monoisotopic (exact) mass is 347 g/mol. The minimum Gasteiger partial charge on any atom is -0.392 e. The second-order valence-electron chi connectivity index (χ2n) is 6.04. The van der Waals surface area contributed by atoms with Crippen molar-refractivity contribution in [2.75, 3.05) is 0 Å². The van der Waals surface area contributed by atoms with E-state index >= 15 is 0 Å². The number of sulfonamides is 1. The van der Waals surface area contributed by atoms with Crippen LogP contribution in [0.15, 0.2) is 15.7 Å². The van der Waals surface area contributed by atoms with Gasteiger partial charge in [0.1, 0.15) is 4.21 Å². The van der Waals surface area contributed by atoms with E-state index in [1.165, 1.54) is 6.42 Å². The molecular formula is C16H29NO3S2. The number of unbranched alkanes of at least 4 members (excludes halogenated alkanes) is 3. The van der Waals surface area contributed by atoms with Gasteiger partial charge in [0.05, 0.1) is 6.10 Å². The summed E-state index contributed by atoms with van der Waals surface area (Å²) in [7, 11) is -3.73. The van der Waals surface area contributed by atoms with E-state index in [4.69, 9.17) is 5.14 Å². The fraction of sp³-hybridized carbons (Fsp3) is 0.750. The third-order valence-electron chi connectivity index (χ3n) is 4.30. The first-order valence-electron chi connectivity index (χ1n) is 8.11. The summed E-state index contributed by atoms with van der Waals surface area (Å²) in [5, 5.41) is 17.7. The van der Waals surface area contributed by atoms with Gasteiger partial charge in [0.2, 0.25) is 10.0 Å². The molecule has 3 N–H and O–H groups in total. The highest BCUT2D eigenvalue weighted by Gasteiger charge is 2.31. The molecule has 1 aromatic rings. The standard InChI is InChI=1S/C16H29NO3S2/c1-4-6-7-8-9-14(18)15(12(3)5-2)13-10-11-21-16(13)22(17,19)20/h10-12,14-15,18H,4-9H2,1-3H3,(H2,17,19,20)/t12-,14?,15-/m0/s1. The zero-order valence-corrected chi connectivity index (χ0v) is 15.4. The van der Waals surface area contributed by atoms with Crippen molar-refractivity contribution < 1.29 is 13.5 Å². The Hall–Kier alpha value is -0.430. The number of aliphatic hydroxyl groups is 1. The molecule has 0 bridgehead atoms. The van der Waals surface area contributed by atoms with Crippen molar-refractivity contribution >= 4 is 21.4 Å². The highest BCUT2D eigenvalue weighted by atomic mass is 32.2. The average molecular weight is 348 g/mol. The van der Waals surface area contributed by atoms with Gasteiger partial charge in [-0.3, -0.25) is 0 Å². The lowest BCUT2D eigenvalue weighted by atomic mass is 9.81. The molecular weight excluding hydrogens is 318 g/mol. The van der Waals surface area contributed by atoms with Crippen LogP contribution in [0.4, 0.5) is 0 Å². The van der Waals surface area contributed by atoms with Crippen molar-refractivity contribution in [2.45, 2.75) is 75.5 Å². The zero-order valence-electron chi connectivity index (χ0n) is 13.8. The van der Waals surface area contributed by atoms with Crippen LogP contribution in [0.2, 0.25) is 0 Å². The molecule has 0 aliphatic heterocycles. The summed E-state index contributed by atoms with van der Waals surface area (Å²) < 4.78 is 23.7. The average Bonchev–Trinajstić information content (AvgIpc) is 2.92. The fourth-order valence-corrected chi connectivity index (χ4v) is 4.80. The molecule has 0 aromatic carbocycles. The number of primary sulfonamides is 1. The van der Waals surface area contributed by atoms with Gasteiger partial charge in [-0.15, -0.1) is 11.3 Å². The van der Waals surface area contributed by atoms with E-state index < -0.39 is 16.1 Å². The summed E-state index contributed by atoms with van der Waals surface area (Å²) in [6.45, 7) is 6.27. The Morgan fingerprint density at radius 3 is 2.50 bits per heavy atom. The Balaban J connectivity index is 2.97. The molecule has 0 amide bonds. The summed E-state index contributed by atoms with van der Waals surface area (Å²) in [4.78, 5) is 0. The van der Waals surface area contributed by atoms with Crippen LogP contribution in [0.3, 0.4) is 0 Å². The molecule has 4 nitrogen and oxygen atoms in total. The minimum absolute atomic E-state index is 0.175. The normalized spacial score (nSPS) is 16.4. The molecule has 0 saturated carbocycles. The molecule has 1 rings (SSSR count). The quantitative estimate of drug-likeness (QED) is 0.631. The van der Waals surface area contributed by atoms with Crippen LogP contribution < -0.4 is 5.14 Å². The third kappa shape index (κ3) is 5.33. The highest BCUT2D eigenvalue weighted by molar-refractivity contribution is 7.91. The molecule has 0 saturated heterocycles. The molecule has 0 radical (unpaired) electrons. The Morgan fingerprint density at radius 2 is 1.95 bits per heavy atom. The summed E-state index contributed by atoms with van der Waals surface area (Å²) in [6.07, 6.45) is 5.46. The summed E-state index contributed by atoms with van der Waals surface area (Å²) in [6, 6.07) is 1.80. The molecule has 0 fully saturated rings. The van der Waals surface area contributed by atoms with Gasteiger partial charge >= 0.3 is 0 Å². The van der Waals surface area contributed by atoms with E-state index in [9.17, 15) is 13.5 Å². The van der Waals surface area contributed by atoms with Gasteiger partial charge < -0.3 is 5.11 Å². The maximum atomic E-state index is 11.8. The van der Waals surface area contributed by atoms with Crippen LogP contribution in [0.1, 0.15) is 70.8 Å². The van der Waals surface area contributed by atoms with Crippen LogP contribution in [0.25, 0.3) is 0 Å². The van der Waals surface area contributed by atoms with Crippen LogP contribution in [0, 0.1) is 5.92 Å². The maximum Gasteiger partial charge on any atom is 0.247 e. The second kappa shape index (κ2) is 9.01. The molecule has 0 aliphatic rings. The number of thiophene rings is 1. The SMILES string of the molecule is CCCCCCC(O)[C@H](c1ccsc1S(N)(=O)=O)[C@@H](C)CC. The van der Waals surface area contributed by atoms with Crippen molar-refractivity contribution in [3.8, 4) is 0 Å². The van der Waals surface area contributed by atoms with Crippen LogP contribution in [-0.2, 0) is 10.0 Å². The predicted molar refractivity (Wildman–Crippen MR) is 92.7 cm³/mol. The molecule has 0 aliphatic carbocycles. The molecule has 1 unspecified atom stereocenters. The molecule has 22 heavy (non-hydrogen) atoms. The van der Waals surface area contributed by atoms with Gasteiger partial charge in [-0.2, -0.15) is 0 Å². The highest BCUT2D eigenvalue weighted by Crippen LogP contribution is 2.38. The molecule has 6 heteroatoms. The van der Waals surface area contributed by atoms with Crippen LogP contribution in [0.5, 0.6) is 0 Å². The number of hydrogen-bond donors (Lipinski definition) is 2. The Labute approximate surface area is 138 Å². The van der Waals surface area contributed by atoms with Crippen LogP contribution in [-0.4, -0.2) is 19.6 Å². The minimum atomic E-state index is -3.73. The topological polar surface area (TPSA) is 80.4 Å². The first kappa shape index (κ1) is 19.6. The molecule has 3 atom stereocenters. The van der Waals surface area contributed by atoms with Gasteiger partial charge in [0.25, 0.3) is 0 Å². The van der Waals surface area contributed by atoms with E-state index in [1.807, 2.05) is 0 Å². The van der Waals surface area contributed by atoms with Crippen molar-refractivity contribution in [2.24, 2.45) is 11.1 Å². The lowest BCUT2D eigenvalue weighted by molar-refractivity contribution is 0.105. The smallest absolute Gasteiger partial charge is 0.247 e. The lowest BCUT2D eigenvalue weighted by Gasteiger charge is -2.28.